The summed E-state index contributed by atoms with van der Waals surface area (Å²) in [5, 5.41) is 5.47. The second-order valence-electron chi connectivity index (χ2n) is 6.47. The molecule has 4 aromatic rings. The van der Waals surface area contributed by atoms with Crippen LogP contribution in [0.4, 0.5) is 5.69 Å². The average Bonchev–Trinajstić information content (AvgIpc) is 2.72. The van der Waals surface area contributed by atoms with Crippen LogP contribution in [-0.4, -0.2) is 8.07 Å². The van der Waals surface area contributed by atoms with Gasteiger partial charge in [-0.25, -0.2) is 0 Å². The van der Waals surface area contributed by atoms with E-state index in [0.717, 1.165) is 5.69 Å². The highest BCUT2D eigenvalue weighted by molar-refractivity contribution is 7.19. The van der Waals surface area contributed by atoms with Gasteiger partial charge in [-0.05, 0) is 32.9 Å². The van der Waals surface area contributed by atoms with E-state index in [1.807, 2.05) is 12.1 Å². The Hall–Kier alpha value is -3.10. The van der Waals surface area contributed by atoms with Gasteiger partial charge in [0.2, 0.25) is 0 Å². The summed E-state index contributed by atoms with van der Waals surface area (Å²) in [6.07, 6.45) is 0. The Morgan fingerprint density at radius 2 is 0.692 bits per heavy atom. The van der Waals surface area contributed by atoms with Gasteiger partial charge >= 0.3 is 0 Å². The van der Waals surface area contributed by atoms with Crippen LogP contribution in [0.1, 0.15) is 0 Å². The fourth-order valence-corrected chi connectivity index (χ4v) is 8.54. The van der Waals surface area contributed by atoms with Crippen molar-refractivity contribution in [3.63, 3.8) is 0 Å². The van der Waals surface area contributed by atoms with Gasteiger partial charge in [0.25, 0.3) is 0 Å². The standard InChI is InChI=1S/C24H21NSi/c25-20-16-18-24(19-17-20)26(21-10-4-1-5-11-21,22-12-6-2-7-13-22)23-14-8-3-9-15-23/h1-19H,25H2. The Kier molecular flexibility index (Phi) is 4.42. The van der Waals surface area contributed by atoms with Crippen LogP contribution in [0.15, 0.2) is 115 Å². The van der Waals surface area contributed by atoms with Gasteiger partial charge in [-0.1, -0.05) is 103 Å². The van der Waals surface area contributed by atoms with Crippen molar-refractivity contribution in [3.05, 3.63) is 115 Å². The first-order valence-electron chi connectivity index (χ1n) is 8.84. The van der Waals surface area contributed by atoms with Crippen LogP contribution in [0.2, 0.25) is 0 Å². The van der Waals surface area contributed by atoms with Crippen LogP contribution in [-0.2, 0) is 0 Å². The summed E-state index contributed by atoms with van der Waals surface area (Å²) in [7, 11) is -2.38. The summed E-state index contributed by atoms with van der Waals surface area (Å²) in [6.45, 7) is 0. The van der Waals surface area contributed by atoms with E-state index in [1.54, 1.807) is 0 Å². The molecule has 1 nitrogen and oxygen atoms in total. The predicted molar refractivity (Wildman–Crippen MR) is 114 cm³/mol. The zero-order valence-corrected chi connectivity index (χ0v) is 15.5. The smallest absolute Gasteiger partial charge is 0.179 e. The largest absolute Gasteiger partial charge is 0.399 e. The van der Waals surface area contributed by atoms with Crippen molar-refractivity contribution in [1.29, 1.82) is 0 Å². The first-order chi connectivity index (χ1) is 12.8. The summed E-state index contributed by atoms with van der Waals surface area (Å²) in [4.78, 5) is 0. The van der Waals surface area contributed by atoms with Gasteiger partial charge < -0.3 is 5.73 Å². The number of hydrogen-bond donors (Lipinski definition) is 1. The van der Waals surface area contributed by atoms with Crippen molar-refractivity contribution < 1.29 is 0 Å². The molecular formula is C24H21NSi. The number of rotatable bonds is 4. The Morgan fingerprint density at radius 3 is 1.04 bits per heavy atom. The first-order valence-corrected chi connectivity index (χ1v) is 10.8. The van der Waals surface area contributed by atoms with Gasteiger partial charge in [-0.2, -0.15) is 0 Å². The minimum Gasteiger partial charge on any atom is -0.399 e. The molecule has 0 atom stereocenters. The van der Waals surface area contributed by atoms with Gasteiger partial charge in [0.1, 0.15) is 0 Å². The maximum absolute atomic E-state index is 6.00. The molecule has 0 spiro atoms. The highest BCUT2D eigenvalue weighted by atomic mass is 28.3. The van der Waals surface area contributed by atoms with E-state index in [0.29, 0.717) is 0 Å². The molecule has 26 heavy (non-hydrogen) atoms. The molecule has 0 saturated heterocycles. The van der Waals surface area contributed by atoms with Crippen LogP contribution in [0, 0.1) is 0 Å². The van der Waals surface area contributed by atoms with Crippen molar-refractivity contribution in [2.24, 2.45) is 0 Å². The van der Waals surface area contributed by atoms with Gasteiger partial charge in [-0.15, -0.1) is 0 Å². The van der Waals surface area contributed by atoms with Crippen molar-refractivity contribution in [2.75, 3.05) is 5.73 Å². The summed E-state index contributed by atoms with van der Waals surface area (Å²) in [5.41, 5.74) is 6.80. The first kappa shape index (κ1) is 16.4. The maximum atomic E-state index is 6.00. The predicted octanol–water partition coefficient (Wildman–Crippen LogP) is 2.65. The lowest BCUT2D eigenvalue weighted by Gasteiger charge is -2.34. The zero-order valence-electron chi connectivity index (χ0n) is 14.5. The van der Waals surface area contributed by atoms with E-state index in [1.165, 1.54) is 20.7 Å². The van der Waals surface area contributed by atoms with Crippen LogP contribution in [0.5, 0.6) is 0 Å². The zero-order chi connectivity index (χ0) is 17.8. The monoisotopic (exact) mass is 351 g/mol. The molecule has 4 rings (SSSR count). The molecule has 0 aliphatic carbocycles. The van der Waals surface area contributed by atoms with Crippen molar-refractivity contribution >= 4 is 34.5 Å². The van der Waals surface area contributed by atoms with Gasteiger partial charge in [0, 0.05) is 5.69 Å². The molecule has 0 fully saturated rings. The van der Waals surface area contributed by atoms with Crippen LogP contribution >= 0.6 is 0 Å². The molecule has 0 amide bonds. The number of nitrogens with two attached hydrogens (primary N) is 1. The van der Waals surface area contributed by atoms with E-state index in [2.05, 4.69) is 103 Å². The molecule has 2 N–H and O–H groups in total. The topological polar surface area (TPSA) is 26.0 Å². The Balaban J connectivity index is 2.12. The van der Waals surface area contributed by atoms with Gasteiger partial charge in [-0.3, -0.25) is 0 Å². The second-order valence-corrected chi connectivity index (χ2v) is 10.3. The van der Waals surface area contributed by atoms with Gasteiger partial charge in [0.15, 0.2) is 8.07 Å². The molecular weight excluding hydrogens is 330 g/mol. The summed E-state index contributed by atoms with van der Waals surface area (Å²) < 4.78 is 0. The Labute approximate surface area is 155 Å². The van der Waals surface area contributed by atoms with Crippen molar-refractivity contribution in [3.8, 4) is 0 Å². The second kappa shape index (κ2) is 7.02. The van der Waals surface area contributed by atoms with Gasteiger partial charge in [0.05, 0.1) is 0 Å². The lowest BCUT2D eigenvalue weighted by molar-refractivity contribution is 1.66. The molecule has 0 bridgehead atoms. The maximum Gasteiger partial charge on any atom is 0.179 e. The SMILES string of the molecule is Nc1ccc([Si](c2ccccc2)(c2ccccc2)c2ccccc2)cc1. The third-order valence-electron chi connectivity index (χ3n) is 4.96. The molecule has 0 aliphatic heterocycles. The summed E-state index contributed by atoms with van der Waals surface area (Å²) in [6, 6.07) is 41.1. The number of benzene rings is 4. The minimum atomic E-state index is -2.38. The minimum absolute atomic E-state index is 0.797. The molecule has 0 aliphatic rings. The third-order valence-corrected chi connectivity index (χ3v) is 9.76. The van der Waals surface area contributed by atoms with Crippen molar-refractivity contribution in [2.45, 2.75) is 0 Å². The molecule has 0 aromatic heterocycles. The number of nitrogen functional groups attached to an aromatic ring is 1. The highest BCUT2D eigenvalue weighted by Crippen LogP contribution is 2.10. The van der Waals surface area contributed by atoms with Crippen LogP contribution in [0.3, 0.4) is 0 Å². The molecule has 0 heterocycles. The molecule has 0 unspecified atom stereocenters. The number of anilines is 1. The normalized spacial score (nSPS) is 11.2. The van der Waals surface area contributed by atoms with E-state index in [4.69, 9.17) is 5.73 Å². The van der Waals surface area contributed by atoms with Crippen molar-refractivity contribution in [1.82, 2.24) is 0 Å². The molecule has 126 valence electrons. The van der Waals surface area contributed by atoms with Crippen LogP contribution < -0.4 is 26.5 Å². The van der Waals surface area contributed by atoms with E-state index >= 15 is 0 Å². The Bertz CT molecular complexity index is 868. The summed E-state index contributed by atoms with van der Waals surface area (Å²) in [5.74, 6) is 0. The fourth-order valence-electron chi connectivity index (χ4n) is 3.80. The quantitative estimate of drug-likeness (QED) is 0.341. The third kappa shape index (κ3) is 2.75. The number of hydrogen-bond acceptors (Lipinski definition) is 1. The molecule has 0 radical (unpaired) electrons. The molecule has 4 aromatic carbocycles. The highest BCUT2D eigenvalue weighted by Gasteiger charge is 2.40. The Morgan fingerprint density at radius 1 is 0.385 bits per heavy atom. The summed E-state index contributed by atoms with van der Waals surface area (Å²) >= 11 is 0. The van der Waals surface area contributed by atoms with E-state index < -0.39 is 8.07 Å². The molecule has 2 heteroatoms. The average molecular weight is 352 g/mol. The fraction of sp³-hybridized carbons (Fsp3) is 0. The van der Waals surface area contributed by atoms with E-state index in [-0.39, 0.29) is 0 Å². The lowest BCUT2D eigenvalue weighted by Crippen LogP contribution is -2.74. The lowest BCUT2D eigenvalue weighted by atomic mass is 10.3. The van der Waals surface area contributed by atoms with E-state index in [9.17, 15) is 0 Å². The van der Waals surface area contributed by atoms with Crippen LogP contribution in [0.25, 0.3) is 0 Å². The molecule has 0 saturated carbocycles.